The van der Waals surface area contributed by atoms with Crippen molar-refractivity contribution >= 4 is 5.91 Å². The van der Waals surface area contributed by atoms with Gasteiger partial charge in [-0.05, 0) is 38.8 Å². The van der Waals surface area contributed by atoms with Gasteiger partial charge in [-0.2, -0.15) is 0 Å². The fourth-order valence-corrected chi connectivity index (χ4v) is 1.73. The number of nitrogens with one attached hydrogen (secondary N) is 2. The van der Waals surface area contributed by atoms with Crippen LogP contribution in [0.25, 0.3) is 0 Å². The monoisotopic (exact) mass is 200 g/mol. The third-order valence-electron chi connectivity index (χ3n) is 2.61. The zero-order chi connectivity index (χ0) is 10.4. The lowest BCUT2D eigenvalue weighted by atomic mass is 9.94. The first-order valence-corrected chi connectivity index (χ1v) is 5.33. The van der Waals surface area contributed by atoms with Crippen LogP contribution in [0, 0.1) is 5.92 Å². The van der Waals surface area contributed by atoms with Crippen molar-refractivity contribution in [1.82, 2.24) is 10.6 Å². The van der Waals surface area contributed by atoms with Gasteiger partial charge in [0.25, 0.3) is 0 Å². The molecule has 1 aliphatic heterocycles. The smallest absolute Gasteiger partial charge is 0.220 e. The Morgan fingerprint density at radius 3 is 2.79 bits per heavy atom. The predicted molar refractivity (Wildman–Crippen MR) is 54.9 cm³/mol. The van der Waals surface area contributed by atoms with Gasteiger partial charge in [0, 0.05) is 12.5 Å². The molecule has 0 aromatic heterocycles. The molecular formula is C10H20N2O2. The lowest BCUT2D eigenvalue weighted by molar-refractivity contribution is -0.123. The number of rotatable bonds is 4. The van der Waals surface area contributed by atoms with Crippen LogP contribution >= 0.6 is 0 Å². The van der Waals surface area contributed by atoms with E-state index in [-0.39, 0.29) is 18.6 Å². The summed E-state index contributed by atoms with van der Waals surface area (Å²) >= 11 is 0. The number of hydrogen-bond donors (Lipinski definition) is 3. The second-order valence-electron chi connectivity index (χ2n) is 4.05. The van der Waals surface area contributed by atoms with E-state index in [4.69, 9.17) is 5.11 Å². The van der Waals surface area contributed by atoms with Crippen LogP contribution < -0.4 is 10.6 Å². The largest absolute Gasteiger partial charge is 0.394 e. The van der Waals surface area contributed by atoms with E-state index in [0.717, 1.165) is 25.9 Å². The second kappa shape index (κ2) is 5.98. The number of carbonyl (C=O) groups excluding carboxylic acids is 1. The normalized spacial score (nSPS) is 20.4. The van der Waals surface area contributed by atoms with Crippen LogP contribution in [-0.2, 0) is 4.79 Å². The summed E-state index contributed by atoms with van der Waals surface area (Å²) in [6.07, 6.45) is 2.77. The van der Waals surface area contributed by atoms with Gasteiger partial charge >= 0.3 is 0 Å². The molecule has 4 nitrogen and oxygen atoms in total. The molecule has 0 bridgehead atoms. The SMILES string of the molecule is C[C@@H](CO)NC(=O)CC1CCNCC1. The zero-order valence-corrected chi connectivity index (χ0v) is 8.75. The molecule has 0 radical (unpaired) electrons. The Kier molecular flexibility index (Phi) is 4.90. The standard InChI is InChI=1S/C10H20N2O2/c1-8(7-13)12-10(14)6-9-2-4-11-5-3-9/h8-9,11,13H,2-7H2,1H3,(H,12,14)/t8-/m0/s1. The highest BCUT2D eigenvalue weighted by Crippen LogP contribution is 2.15. The molecule has 0 saturated carbocycles. The molecule has 0 aliphatic carbocycles. The first kappa shape index (κ1) is 11.5. The highest BCUT2D eigenvalue weighted by molar-refractivity contribution is 5.76. The summed E-state index contributed by atoms with van der Waals surface area (Å²) in [6.45, 7) is 3.86. The van der Waals surface area contributed by atoms with Gasteiger partial charge in [0.05, 0.1) is 6.61 Å². The van der Waals surface area contributed by atoms with Crippen molar-refractivity contribution in [3.8, 4) is 0 Å². The molecule has 1 rings (SSSR count). The fourth-order valence-electron chi connectivity index (χ4n) is 1.73. The van der Waals surface area contributed by atoms with Crippen molar-refractivity contribution in [2.24, 2.45) is 5.92 Å². The molecular weight excluding hydrogens is 180 g/mol. The first-order chi connectivity index (χ1) is 6.72. The molecule has 1 fully saturated rings. The molecule has 1 heterocycles. The van der Waals surface area contributed by atoms with Crippen LogP contribution in [0.2, 0.25) is 0 Å². The maximum absolute atomic E-state index is 11.4. The van der Waals surface area contributed by atoms with E-state index in [2.05, 4.69) is 10.6 Å². The van der Waals surface area contributed by atoms with Crippen molar-refractivity contribution in [2.75, 3.05) is 19.7 Å². The number of carbonyl (C=O) groups is 1. The minimum Gasteiger partial charge on any atom is -0.394 e. The van der Waals surface area contributed by atoms with Gasteiger partial charge in [0.15, 0.2) is 0 Å². The Morgan fingerprint density at radius 1 is 1.57 bits per heavy atom. The van der Waals surface area contributed by atoms with Crippen molar-refractivity contribution in [3.63, 3.8) is 0 Å². The quantitative estimate of drug-likeness (QED) is 0.592. The van der Waals surface area contributed by atoms with E-state index >= 15 is 0 Å². The molecule has 1 saturated heterocycles. The average molecular weight is 200 g/mol. The molecule has 0 unspecified atom stereocenters. The third kappa shape index (κ3) is 4.07. The highest BCUT2D eigenvalue weighted by atomic mass is 16.3. The second-order valence-corrected chi connectivity index (χ2v) is 4.05. The summed E-state index contributed by atoms with van der Waals surface area (Å²) in [5.41, 5.74) is 0. The Hall–Kier alpha value is -0.610. The number of piperidine rings is 1. The number of amides is 1. The summed E-state index contributed by atoms with van der Waals surface area (Å²) in [4.78, 5) is 11.4. The average Bonchev–Trinajstić information content (AvgIpc) is 2.19. The van der Waals surface area contributed by atoms with Crippen molar-refractivity contribution in [2.45, 2.75) is 32.2 Å². The summed E-state index contributed by atoms with van der Waals surface area (Å²) in [5.74, 6) is 0.584. The van der Waals surface area contributed by atoms with E-state index in [0.29, 0.717) is 12.3 Å². The topological polar surface area (TPSA) is 61.4 Å². The fraction of sp³-hybridized carbons (Fsp3) is 0.900. The molecule has 1 aliphatic rings. The Bertz CT molecular complexity index is 179. The first-order valence-electron chi connectivity index (χ1n) is 5.33. The van der Waals surface area contributed by atoms with Gasteiger partial charge in [-0.1, -0.05) is 0 Å². The van der Waals surface area contributed by atoms with E-state index < -0.39 is 0 Å². The van der Waals surface area contributed by atoms with Gasteiger partial charge < -0.3 is 15.7 Å². The molecule has 82 valence electrons. The molecule has 14 heavy (non-hydrogen) atoms. The van der Waals surface area contributed by atoms with Crippen LogP contribution in [0.1, 0.15) is 26.2 Å². The maximum Gasteiger partial charge on any atom is 0.220 e. The van der Waals surface area contributed by atoms with E-state index in [1.165, 1.54) is 0 Å². The van der Waals surface area contributed by atoms with Gasteiger partial charge in [0.1, 0.15) is 0 Å². The third-order valence-corrected chi connectivity index (χ3v) is 2.61. The van der Waals surface area contributed by atoms with Crippen molar-refractivity contribution in [3.05, 3.63) is 0 Å². The Labute approximate surface area is 85.1 Å². The van der Waals surface area contributed by atoms with E-state index in [1.54, 1.807) is 6.92 Å². The number of aliphatic hydroxyl groups excluding tert-OH is 1. The minimum atomic E-state index is -0.121. The lowest BCUT2D eigenvalue weighted by Crippen LogP contribution is -2.37. The zero-order valence-electron chi connectivity index (χ0n) is 8.75. The summed E-state index contributed by atoms with van der Waals surface area (Å²) in [5, 5.41) is 14.8. The summed E-state index contributed by atoms with van der Waals surface area (Å²) in [7, 11) is 0. The summed E-state index contributed by atoms with van der Waals surface area (Å²) < 4.78 is 0. The van der Waals surface area contributed by atoms with Crippen molar-refractivity contribution in [1.29, 1.82) is 0 Å². The minimum absolute atomic E-state index is 0.0119. The van der Waals surface area contributed by atoms with Crippen LogP contribution in [0.3, 0.4) is 0 Å². The number of aliphatic hydroxyl groups is 1. The molecule has 0 spiro atoms. The highest BCUT2D eigenvalue weighted by Gasteiger charge is 2.17. The molecule has 3 N–H and O–H groups in total. The Morgan fingerprint density at radius 2 is 2.21 bits per heavy atom. The van der Waals surface area contributed by atoms with Crippen molar-refractivity contribution < 1.29 is 9.90 Å². The Balaban J connectivity index is 2.18. The molecule has 0 aromatic rings. The van der Waals surface area contributed by atoms with Gasteiger partial charge in [-0.3, -0.25) is 4.79 Å². The van der Waals surface area contributed by atoms with Gasteiger partial charge in [-0.25, -0.2) is 0 Å². The van der Waals surface area contributed by atoms with E-state index in [1.807, 2.05) is 0 Å². The van der Waals surface area contributed by atoms with E-state index in [9.17, 15) is 4.79 Å². The predicted octanol–water partition coefficient (Wildman–Crippen LogP) is -0.127. The van der Waals surface area contributed by atoms with Crippen LogP contribution in [0.15, 0.2) is 0 Å². The van der Waals surface area contributed by atoms with Crippen LogP contribution in [0.4, 0.5) is 0 Å². The summed E-state index contributed by atoms with van der Waals surface area (Å²) in [6, 6.07) is -0.121. The maximum atomic E-state index is 11.4. The van der Waals surface area contributed by atoms with Gasteiger partial charge in [-0.15, -0.1) is 0 Å². The molecule has 1 atom stereocenters. The van der Waals surface area contributed by atoms with Crippen LogP contribution in [-0.4, -0.2) is 36.8 Å². The van der Waals surface area contributed by atoms with Gasteiger partial charge in [0.2, 0.25) is 5.91 Å². The molecule has 4 heteroatoms. The lowest BCUT2D eigenvalue weighted by Gasteiger charge is -2.22. The molecule has 1 amide bonds. The molecule has 0 aromatic carbocycles. The number of hydrogen-bond acceptors (Lipinski definition) is 3. The van der Waals surface area contributed by atoms with Crippen LogP contribution in [0.5, 0.6) is 0 Å².